The van der Waals surface area contributed by atoms with Crippen molar-refractivity contribution < 1.29 is 14.3 Å². The second kappa shape index (κ2) is 11.5. The smallest absolute Gasteiger partial charge is 0.238 e. The van der Waals surface area contributed by atoms with Crippen molar-refractivity contribution in [2.75, 3.05) is 61.5 Å². The number of nitrogens with zero attached hydrogens (tertiary/aromatic N) is 2. The van der Waals surface area contributed by atoms with E-state index in [1.807, 2.05) is 60.4 Å². The zero-order valence-corrected chi connectivity index (χ0v) is 18.4. The molecule has 1 heterocycles. The number of ether oxygens (including phenoxy) is 1. The van der Waals surface area contributed by atoms with Crippen molar-refractivity contribution in [1.82, 2.24) is 4.90 Å². The highest BCUT2D eigenvalue weighted by molar-refractivity contribution is 5.95. The molecule has 1 saturated heterocycles. The lowest BCUT2D eigenvalue weighted by Gasteiger charge is -2.29. The highest BCUT2D eigenvalue weighted by Gasteiger charge is 2.15. The van der Waals surface area contributed by atoms with Crippen LogP contribution in [0.5, 0.6) is 0 Å². The number of hydrogen-bond acceptors (Lipinski definition) is 5. The molecule has 0 aromatic heterocycles. The Morgan fingerprint density at radius 2 is 1.58 bits per heavy atom. The van der Waals surface area contributed by atoms with Gasteiger partial charge >= 0.3 is 0 Å². The predicted molar refractivity (Wildman–Crippen MR) is 125 cm³/mol. The average molecular weight is 425 g/mol. The summed E-state index contributed by atoms with van der Waals surface area (Å²) in [6.45, 7) is 8.16. The van der Waals surface area contributed by atoms with E-state index in [4.69, 9.17) is 4.74 Å². The Hall–Kier alpha value is -2.90. The average Bonchev–Trinajstić information content (AvgIpc) is 2.80. The topological polar surface area (TPSA) is 73.9 Å². The number of hydrogen-bond donors (Lipinski definition) is 2. The van der Waals surface area contributed by atoms with Crippen molar-refractivity contribution in [3.63, 3.8) is 0 Å². The summed E-state index contributed by atoms with van der Waals surface area (Å²) in [5.74, 6) is -0.256. The number of amides is 2. The van der Waals surface area contributed by atoms with E-state index in [0.717, 1.165) is 55.3 Å². The minimum atomic E-state index is -0.136. The zero-order chi connectivity index (χ0) is 22.1. The number of morpholine rings is 1. The largest absolute Gasteiger partial charge is 0.378 e. The van der Waals surface area contributed by atoms with Crippen molar-refractivity contribution in [2.24, 2.45) is 0 Å². The van der Waals surface area contributed by atoms with Crippen molar-refractivity contribution in [1.29, 1.82) is 0 Å². The lowest BCUT2D eigenvalue weighted by Crippen LogP contribution is -2.38. The molecular formula is C24H32N4O3. The van der Waals surface area contributed by atoms with Crippen molar-refractivity contribution in [2.45, 2.75) is 20.3 Å². The van der Waals surface area contributed by atoms with Crippen LogP contribution in [0, 0.1) is 0 Å². The summed E-state index contributed by atoms with van der Waals surface area (Å²) in [7, 11) is 0. The number of likely N-dealkylation sites (N-methyl/N-ethyl adjacent to an activating group) is 1. The maximum absolute atomic E-state index is 12.5. The monoisotopic (exact) mass is 424 g/mol. The zero-order valence-electron chi connectivity index (χ0n) is 18.4. The molecule has 2 aromatic carbocycles. The molecule has 1 fully saturated rings. The fraction of sp³-hybridized carbons (Fsp3) is 0.417. The Labute approximate surface area is 184 Å². The van der Waals surface area contributed by atoms with Crippen LogP contribution in [0.2, 0.25) is 0 Å². The van der Waals surface area contributed by atoms with Gasteiger partial charge in [0.2, 0.25) is 11.8 Å². The van der Waals surface area contributed by atoms with Gasteiger partial charge in [-0.25, -0.2) is 0 Å². The molecule has 2 amide bonds. The van der Waals surface area contributed by atoms with Crippen LogP contribution in [-0.2, 0) is 20.7 Å². The van der Waals surface area contributed by atoms with Gasteiger partial charge in [-0.15, -0.1) is 0 Å². The first-order chi connectivity index (χ1) is 15.1. The fourth-order valence-electron chi connectivity index (χ4n) is 3.60. The molecule has 2 N–H and O–H groups in total. The summed E-state index contributed by atoms with van der Waals surface area (Å²) in [4.78, 5) is 29.1. The molecule has 0 spiro atoms. The van der Waals surface area contributed by atoms with E-state index in [0.29, 0.717) is 6.54 Å². The standard InChI is InChI=1S/C24H32N4O3/c1-3-19-7-5-6-8-22(19)26-24(30)18-27(4-2)17-23(29)25-20-9-11-21(12-10-20)28-13-15-31-16-14-28/h5-12H,3-4,13-18H2,1-2H3,(H,25,29)(H,26,30). The minimum Gasteiger partial charge on any atom is -0.378 e. The molecule has 7 nitrogen and oxygen atoms in total. The molecule has 7 heteroatoms. The SMILES string of the molecule is CCc1ccccc1NC(=O)CN(CC)CC(=O)Nc1ccc(N2CCOCC2)cc1. The van der Waals surface area contributed by atoms with E-state index < -0.39 is 0 Å². The third-order valence-corrected chi connectivity index (χ3v) is 5.38. The summed E-state index contributed by atoms with van der Waals surface area (Å²) in [5.41, 5.74) is 3.80. The van der Waals surface area contributed by atoms with Gasteiger partial charge in [-0.2, -0.15) is 0 Å². The molecule has 1 aliphatic heterocycles. The first-order valence-electron chi connectivity index (χ1n) is 10.9. The Morgan fingerprint density at radius 1 is 0.935 bits per heavy atom. The Balaban J connectivity index is 1.49. The maximum Gasteiger partial charge on any atom is 0.238 e. The normalized spacial score (nSPS) is 13.8. The van der Waals surface area contributed by atoms with E-state index in [9.17, 15) is 9.59 Å². The lowest BCUT2D eigenvalue weighted by atomic mass is 10.1. The summed E-state index contributed by atoms with van der Waals surface area (Å²) in [5, 5.41) is 5.88. The third kappa shape index (κ3) is 6.80. The minimum absolute atomic E-state index is 0.120. The molecule has 3 rings (SSSR count). The number of carbonyl (C=O) groups excluding carboxylic acids is 2. The molecule has 0 unspecified atom stereocenters. The molecule has 0 saturated carbocycles. The number of anilines is 3. The Morgan fingerprint density at radius 3 is 2.23 bits per heavy atom. The molecule has 0 aliphatic carbocycles. The summed E-state index contributed by atoms with van der Waals surface area (Å²) >= 11 is 0. The quantitative estimate of drug-likeness (QED) is 0.647. The van der Waals surface area contributed by atoms with E-state index in [1.165, 1.54) is 0 Å². The van der Waals surface area contributed by atoms with Gasteiger partial charge in [0.25, 0.3) is 0 Å². The van der Waals surface area contributed by atoms with E-state index in [-0.39, 0.29) is 24.9 Å². The van der Waals surface area contributed by atoms with E-state index in [1.54, 1.807) is 0 Å². The number of aryl methyl sites for hydroxylation is 1. The van der Waals surface area contributed by atoms with Crippen LogP contribution in [-0.4, -0.2) is 62.7 Å². The Kier molecular flexibility index (Phi) is 8.44. The van der Waals surface area contributed by atoms with Gasteiger partial charge in [0.15, 0.2) is 0 Å². The highest BCUT2D eigenvalue weighted by atomic mass is 16.5. The molecule has 1 aliphatic rings. The summed E-state index contributed by atoms with van der Waals surface area (Å²) < 4.78 is 5.39. The number of carbonyl (C=O) groups is 2. The lowest BCUT2D eigenvalue weighted by molar-refractivity contribution is -0.119. The van der Waals surface area contributed by atoms with Crippen molar-refractivity contribution in [3.05, 3.63) is 54.1 Å². The maximum atomic E-state index is 12.5. The van der Waals surface area contributed by atoms with Gasteiger partial charge < -0.3 is 20.3 Å². The molecule has 31 heavy (non-hydrogen) atoms. The van der Waals surface area contributed by atoms with Gasteiger partial charge in [0.05, 0.1) is 26.3 Å². The van der Waals surface area contributed by atoms with Crippen LogP contribution in [0.1, 0.15) is 19.4 Å². The van der Waals surface area contributed by atoms with Gasteiger partial charge in [0.1, 0.15) is 0 Å². The second-order valence-electron chi connectivity index (χ2n) is 7.56. The van der Waals surface area contributed by atoms with Gasteiger partial charge in [-0.1, -0.05) is 32.0 Å². The summed E-state index contributed by atoms with van der Waals surface area (Å²) in [6.07, 6.45) is 0.848. The Bertz CT molecular complexity index is 863. The first-order valence-corrected chi connectivity index (χ1v) is 10.9. The number of nitrogens with one attached hydrogen (secondary N) is 2. The molecule has 0 atom stereocenters. The van der Waals surface area contributed by atoms with Crippen molar-refractivity contribution >= 4 is 28.9 Å². The molecule has 0 bridgehead atoms. The predicted octanol–water partition coefficient (Wildman–Crippen LogP) is 2.98. The van der Waals surface area contributed by atoms with Crippen LogP contribution in [0.15, 0.2) is 48.5 Å². The number of para-hydroxylation sites is 1. The molecular weight excluding hydrogens is 392 g/mol. The van der Waals surface area contributed by atoms with Crippen LogP contribution >= 0.6 is 0 Å². The van der Waals surface area contributed by atoms with Gasteiger partial charge in [0, 0.05) is 30.2 Å². The highest BCUT2D eigenvalue weighted by Crippen LogP contribution is 2.19. The van der Waals surface area contributed by atoms with Gasteiger partial charge in [-0.3, -0.25) is 14.5 Å². The van der Waals surface area contributed by atoms with Crippen LogP contribution in [0.25, 0.3) is 0 Å². The van der Waals surface area contributed by atoms with Crippen LogP contribution in [0.4, 0.5) is 17.1 Å². The first kappa shape index (κ1) is 22.8. The third-order valence-electron chi connectivity index (χ3n) is 5.38. The van der Waals surface area contributed by atoms with Crippen LogP contribution < -0.4 is 15.5 Å². The van der Waals surface area contributed by atoms with Crippen LogP contribution in [0.3, 0.4) is 0 Å². The van der Waals surface area contributed by atoms with Gasteiger partial charge in [-0.05, 0) is 48.9 Å². The molecule has 166 valence electrons. The number of benzene rings is 2. The molecule has 2 aromatic rings. The molecule has 0 radical (unpaired) electrons. The number of rotatable bonds is 9. The van der Waals surface area contributed by atoms with E-state index in [2.05, 4.69) is 22.5 Å². The van der Waals surface area contributed by atoms with Crippen molar-refractivity contribution in [3.8, 4) is 0 Å². The summed E-state index contributed by atoms with van der Waals surface area (Å²) in [6, 6.07) is 15.6. The van der Waals surface area contributed by atoms with E-state index >= 15 is 0 Å². The second-order valence-corrected chi connectivity index (χ2v) is 7.56. The fourth-order valence-corrected chi connectivity index (χ4v) is 3.60.